The number of nitrogens with one attached hydrogen (secondary N) is 1. The number of rotatable bonds is 2. The predicted molar refractivity (Wildman–Crippen MR) is 81.8 cm³/mol. The highest BCUT2D eigenvalue weighted by atomic mass is 16.5. The summed E-state index contributed by atoms with van der Waals surface area (Å²) >= 11 is 0. The van der Waals surface area contributed by atoms with E-state index in [0.29, 0.717) is 11.7 Å². The van der Waals surface area contributed by atoms with Crippen molar-refractivity contribution in [3.8, 4) is 11.4 Å². The maximum atomic E-state index is 5.53. The lowest BCUT2D eigenvalue weighted by atomic mass is 10.0. The third-order valence-electron chi connectivity index (χ3n) is 4.30. The van der Waals surface area contributed by atoms with E-state index in [0.717, 1.165) is 30.3 Å². The zero-order valence-corrected chi connectivity index (χ0v) is 12.0. The molecule has 2 heterocycles. The normalized spacial score (nSPS) is 22.0. The van der Waals surface area contributed by atoms with Crippen molar-refractivity contribution in [2.75, 3.05) is 6.54 Å². The number of benzene rings is 2. The molecule has 2 aromatic carbocycles. The minimum atomic E-state index is -0.185. The van der Waals surface area contributed by atoms with Crippen LogP contribution in [0.1, 0.15) is 25.7 Å². The molecule has 1 aliphatic heterocycles. The minimum Gasteiger partial charge on any atom is -0.337 e. The molecule has 4 heteroatoms. The molecule has 0 radical (unpaired) electrons. The molecule has 1 fully saturated rings. The van der Waals surface area contributed by atoms with Crippen molar-refractivity contribution < 1.29 is 4.52 Å². The van der Waals surface area contributed by atoms with Gasteiger partial charge in [0.1, 0.15) is 0 Å². The molecule has 4 nitrogen and oxygen atoms in total. The highest BCUT2D eigenvalue weighted by molar-refractivity contribution is 5.94. The van der Waals surface area contributed by atoms with E-state index in [1.54, 1.807) is 0 Å². The van der Waals surface area contributed by atoms with E-state index in [-0.39, 0.29) is 5.54 Å². The highest BCUT2D eigenvalue weighted by Gasteiger charge is 2.35. The first-order valence-electron chi connectivity index (χ1n) is 7.34. The average molecular weight is 279 g/mol. The van der Waals surface area contributed by atoms with Gasteiger partial charge in [-0.25, -0.2) is 0 Å². The van der Waals surface area contributed by atoms with Crippen molar-refractivity contribution in [2.45, 2.75) is 25.3 Å². The predicted octanol–water partition coefficient (Wildman–Crippen LogP) is 3.49. The summed E-state index contributed by atoms with van der Waals surface area (Å²) in [4.78, 5) is 4.64. The third kappa shape index (κ3) is 2.03. The molecule has 0 saturated carbocycles. The Balaban J connectivity index is 1.81. The van der Waals surface area contributed by atoms with Crippen molar-refractivity contribution in [2.24, 2.45) is 0 Å². The number of nitrogens with zero attached hydrogens (tertiary/aromatic N) is 2. The van der Waals surface area contributed by atoms with Gasteiger partial charge < -0.3 is 9.84 Å². The Morgan fingerprint density at radius 1 is 1.14 bits per heavy atom. The second-order valence-electron chi connectivity index (χ2n) is 5.81. The zero-order chi connectivity index (χ0) is 14.3. The fourth-order valence-corrected chi connectivity index (χ4v) is 3.05. The maximum absolute atomic E-state index is 5.53. The molecule has 3 aromatic rings. The SMILES string of the molecule is CC1(c2nc(-c3cccc4ccccc34)no2)CCCN1. The Morgan fingerprint density at radius 3 is 2.86 bits per heavy atom. The molecule has 1 unspecified atom stereocenters. The summed E-state index contributed by atoms with van der Waals surface area (Å²) in [6, 6.07) is 14.4. The van der Waals surface area contributed by atoms with Crippen molar-refractivity contribution in [1.29, 1.82) is 0 Å². The van der Waals surface area contributed by atoms with Crippen LogP contribution in [-0.4, -0.2) is 16.7 Å². The van der Waals surface area contributed by atoms with Gasteiger partial charge in [-0.2, -0.15) is 4.98 Å². The summed E-state index contributed by atoms with van der Waals surface area (Å²) in [7, 11) is 0. The van der Waals surface area contributed by atoms with Gasteiger partial charge in [0, 0.05) is 5.56 Å². The Kier molecular flexibility index (Phi) is 2.79. The zero-order valence-electron chi connectivity index (χ0n) is 12.0. The molecular weight excluding hydrogens is 262 g/mol. The van der Waals surface area contributed by atoms with Crippen molar-refractivity contribution in [3.05, 3.63) is 48.4 Å². The second kappa shape index (κ2) is 4.67. The first-order chi connectivity index (χ1) is 10.3. The lowest BCUT2D eigenvalue weighted by Crippen LogP contribution is -2.33. The molecule has 21 heavy (non-hydrogen) atoms. The molecule has 106 valence electrons. The monoisotopic (exact) mass is 279 g/mol. The third-order valence-corrected chi connectivity index (χ3v) is 4.30. The van der Waals surface area contributed by atoms with Crippen LogP contribution in [-0.2, 0) is 5.54 Å². The number of aromatic nitrogens is 2. The molecule has 4 rings (SSSR count). The summed E-state index contributed by atoms with van der Waals surface area (Å²) in [5, 5.41) is 9.99. The van der Waals surface area contributed by atoms with Crippen molar-refractivity contribution in [1.82, 2.24) is 15.5 Å². The van der Waals surface area contributed by atoms with Crippen LogP contribution in [0.2, 0.25) is 0 Å². The molecule has 1 atom stereocenters. The van der Waals surface area contributed by atoms with Crippen LogP contribution in [0, 0.1) is 0 Å². The smallest absolute Gasteiger partial charge is 0.246 e. The van der Waals surface area contributed by atoms with Gasteiger partial charge in [-0.1, -0.05) is 47.6 Å². The van der Waals surface area contributed by atoms with Gasteiger partial charge in [0.2, 0.25) is 11.7 Å². The van der Waals surface area contributed by atoms with Crippen LogP contribution in [0.5, 0.6) is 0 Å². The van der Waals surface area contributed by atoms with E-state index < -0.39 is 0 Å². The van der Waals surface area contributed by atoms with Crippen LogP contribution in [0.4, 0.5) is 0 Å². The molecule has 1 N–H and O–H groups in total. The van der Waals surface area contributed by atoms with Crippen LogP contribution >= 0.6 is 0 Å². The quantitative estimate of drug-likeness (QED) is 0.780. The van der Waals surface area contributed by atoms with E-state index in [1.165, 1.54) is 5.39 Å². The van der Waals surface area contributed by atoms with E-state index >= 15 is 0 Å². The first kappa shape index (κ1) is 12.5. The summed E-state index contributed by atoms with van der Waals surface area (Å²) in [5.41, 5.74) is 0.834. The fourth-order valence-electron chi connectivity index (χ4n) is 3.05. The van der Waals surface area contributed by atoms with Crippen molar-refractivity contribution >= 4 is 10.8 Å². The van der Waals surface area contributed by atoms with Gasteiger partial charge >= 0.3 is 0 Å². The first-order valence-corrected chi connectivity index (χ1v) is 7.34. The standard InChI is InChI=1S/C17H17N3O/c1-17(10-5-11-18-17)16-19-15(20-21-16)14-9-4-7-12-6-2-3-8-13(12)14/h2-4,6-9,18H,5,10-11H2,1H3. The summed E-state index contributed by atoms with van der Waals surface area (Å²) in [6.45, 7) is 3.13. The van der Waals surface area contributed by atoms with Gasteiger partial charge in [-0.05, 0) is 37.1 Å². The molecular formula is C17H17N3O. The van der Waals surface area contributed by atoms with Crippen LogP contribution < -0.4 is 5.32 Å². The Labute approximate surface area is 123 Å². The topological polar surface area (TPSA) is 51.0 Å². The molecule has 0 bridgehead atoms. The Bertz CT molecular complexity index is 782. The molecule has 0 amide bonds. The maximum Gasteiger partial charge on any atom is 0.246 e. The number of hydrogen-bond donors (Lipinski definition) is 1. The van der Waals surface area contributed by atoms with Crippen LogP contribution in [0.15, 0.2) is 47.0 Å². The summed E-state index contributed by atoms with van der Waals surface area (Å²) < 4.78 is 5.53. The summed E-state index contributed by atoms with van der Waals surface area (Å²) in [5.74, 6) is 1.35. The molecule has 1 saturated heterocycles. The molecule has 0 spiro atoms. The van der Waals surface area contributed by atoms with Gasteiger partial charge in [0.25, 0.3) is 0 Å². The number of hydrogen-bond acceptors (Lipinski definition) is 4. The van der Waals surface area contributed by atoms with E-state index in [2.05, 4.69) is 40.6 Å². The van der Waals surface area contributed by atoms with Crippen LogP contribution in [0.25, 0.3) is 22.2 Å². The van der Waals surface area contributed by atoms with Gasteiger partial charge in [0.15, 0.2) is 0 Å². The molecule has 0 aliphatic carbocycles. The summed E-state index contributed by atoms with van der Waals surface area (Å²) in [6.07, 6.45) is 2.17. The largest absolute Gasteiger partial charge is 0.337 e. The van der Waals surface area contributed by atoms with Gasteiger partial charge in [-0.3, -0.25) is 0 Å². The minimum absolute atomic E-state index is 0.185. The van der Waals surface area contributed by atoms with Crippen LogP contribution in [0.3, 0.4) is 0 Å². The second-order valence-corrected chi connectivity index (χ2v) is 5.81. The molecule has 1 aliphatic rings. The van der Waals surface area contributed by atoms with Gasteiger partial charge in [0.05, 0.1) is 5.54 Å². The fraction of sp³-hybridized carbons (Fsp3) is 0.294. The number of fused-ring (bicyclic) bond motifs is 1. The highest BCUT2D eigenvalue weighted by Crippen LogP contribution is 2.32. The van der Waals surface area contributed by atoms with E-state index in [9.17, 15) is 0 Å². The Hall–Kier alpha value is -2.20. The molecule has 1 aromatic heterocycles. The van der Waals surface area contributed by atoms with Gasteiger partial charge in [-0.15, -0.1) is 0 Å². The average Bonchev–Trinajstić information content (AvgIpc) is 3.16. The van der Waals surface area contributed by atoms with E-state index in [4.69, 9.17) is 4.52 Å². The lowest BCUT2D eigenvalue weighted by Gasteiger charge is -2.18. The van der Waals surface area contributed by atoms with E-state index in [1.807, 2.05) is 24.3 Å². The Morgan fingerprint density at radius 2 is 2.00 bits per heavy atom. The van der Waals surface area contributed by atoms with Crippen molar-refractivity contribution in [3.63, 3.8) is 0 Å². The lowest BCUT2D eigenvalue weighted by molar-refractivity contribution is 0.275.